The zero-order valence-corrected chi connectivity index (χ0v) is 15.6. The molecule has 2 saturated heterocycles. The van der Waals surface area contributed by atoms with E-state index in [1.807, 2.05) is 7.05 Å². The van der Waals surface area contributed by atoms with Crippen LogP contribution in [0.4, 0.5) is 0 Å². The monoisotopic (exact) mass is 386 g/mol. The van der Waals surface area contributed by atoms with E-state index in [-0.39, 0.29) is 30.0 Å². The molecule has 2 atom stereocenters. The third kappa shape index (κ3) is 3.27. The number of piperazine rings is 1. The first-order valence-electron chi connectivity index (χ1n) is 9.35. The van der Waals surface area contributed by atoms with Crippen LogP contribution in [0.1, 0.15) is 33.6 Å². The Morgan fingerprint density at radius 2 is 1.93 bits per heavy atom. The molecular weight excluding hydrogens is 364 g/mol. The first-order chi connectivity index (χ1) is 13.5. The predicted octanol–water partition coefficient (Wildman–Crippen LogP) is -0.630. The van der Waals surface area contributed by atoms with Crippen molar-refractivity contribution in [1.29, 1.82) is 0 Å². The van der Waals surface area contributed by atoms with Gasteiger partial charge < -0.3 is 10.1 Å². The number of hydrogen-bond donors (Lipinski definition) is 2. The minimum absolute atomic E-state index is 0.0983. The fourth-order valence-corrected chi connectivity index (χ4v) is 3.78. The largest absolute Gasteiger partial charge is 0.492 e. The molecule has 3 heterocycles. The lowest BCUT2D eigenvalue weighted by Crippen LogP contribution is -2.54. The molecule has 0 aromatic heterocycles. The molecule has 4 rings (SSSR count). The number of benzene rings is 1. The molecule has 0 bridgehead atoms. The molecular formula is C19H22N4O5. The molecule has 2 fully saturated rings. The molecule has 1 aromatic carbocycles. The van der Waals surface area contributed by atoms with Gasteiger partial charge in [0.1, 0.15) is 18.4 Å². The molecule has 148 valence electrons. The second-order valence-electron chi connectivity index (χ2n) is 7.30. The van der Waals surface area contributed by atoms with E-state index >= 15 is 0 Å². The molecule has 0 saturated carbocycles. The number of amides is 4. The summed E-state index contributed by atoms with van der Waals surface area (Å²) in [7, 11) is 2.04. The number of imide groups is 2. The molecule has 9 nitrogen and oxygen atoms in total. The summed E-state index contributed by atoms with van der Waals surface area (Å²) in [6.07, 6.45) is 0.238. The fraction of sp³-hybridized carbons (Fsp3) is 0.474. The van der Waals surface area contributed by atoms with Crippen molar-refractivity contribution in [2.24, 2.45) is 0 Å². The maximum atomic E-state index is 12.8. The number of piperidine rings is 1. The van der Waals surface area contributed by atoms with Crippen molar-refractivity contribution in [3.8, 4) is 5.75 Å². The van der Waals surface area contributed by atoms with E-state index in [4.69, 9.17) is 4.74 Å². The summed E-state index contributed by atoms with van der Waals surface area (Å²) in [6.45, 7) is 3.16. The van der Waals surface area contributed by atoms with E-state index in [0.717, 1.165) is 24.5 Å². The van der Waals surface area contributed by atoms with Crippen LogP contribution in [0.15, 0.2) is 18.2 Å². The molecule has 4 amide bonds. The highest BCUT2D eigenvalue weighted by molar-refractivity contribution is 6.23. The van der Waals surface area contributed by atoms with E-state index in [9.17, 15) is 19.2 Å². The molecule has 3 aliphatic heterocycles. The van der Waals surface area contributed by atoms with Crippen LogP contribution in [0.5, 0.6) is 5.75 Å². The third-order valence-electron chi connectivity index (χ3n) is 5.50. The summed E-state index contributed by atoms with van der Waals surface area (Å²) in [5.41, 5.74) is 0.473. The van der Waals surface area contributed by atoms with Crippen LogP contribution in [-0.2, 0) is 9.59 Å². The topological polar surface area (TPSA) is 108 Å². The zero-order chi connectivity index (χ0) is 19.8. The minimum atomic E-state index is -0.962. The molecule has 3 aliphatic rings. The summed E-state index contributed by atoms with van der Waals surface area (Å²) in [5.74, 6) is -1.55. The molecule has 28 heavy (non-hydrogen) atoms. The molecule has 2 unspecified atom stereocenters. The average molecular weight is 386 g/mol. The number of carbonyl (C=O) groups excluding carboxylic acids is 4. The van der Waals surface area contributed by atoms with Crippen LogP contribution >= 0.6 is 0 Å². The van der Waals surface area contributed by atoms with Gasteiger partial charge in [0.05, 0.1) is 17.2 Å². The summed E-state index contributed by atoms with van der Waals surface area (Å²) >= 11 is 0. The second kappa shape index (κ2) is 7.33. The number of carbonyl (C=O) groups is 4. The van der Waals surface area contributed by atoms with Crippen molar-refractivity contribution in [2.45, 2.75) is 24.9 Å². The summed E-state index contributed by atoms with van der Waals surface area (Å²) in [4.78, 5) is 52.1. The Bertz CT molecular complexity index is 855. The number of ether oxygens (including phenoxy) is 1. The number of fused-ring (bicyclic) bond motifs is 1. The summed E-state index contributed by atoms with van der Waals surface area (Å²) in [6, 6.07) is 4.03. The molecule has 1 aromatic rings. The Kier molecular flexibility index (Phi) is 4.86. The Labute approximate surface area is 162 Å². The summed E-state index contributed by atoms with van der Waals surface area (Å²) in [5, 5.41) is 5.50. The van der Waals surface area contributed by atoms with Crippen LogP contribution in [0.3, 0.4) is 0 Å². The van der Waals surface area contributed by atoms with E-state index in [0.29, 0.717) is 12.4 Å². The van der Waals surface area contributed by atoms with Crippen molar-refractivity contribution in [3.63, 3.8) is 0 Å². The van der Waals surface area contributed by atoms with Crippen LogP contribution in [-0.4, -0.2) is 78.8 Å². The number of nitrogens with zero attached hydrogens (tertiary/aromatic N) is 2. The Hall–Kier alpha value is -2.78. The lowest BCUT2D eigenvalue weighted by Gasteiger charge is -2.32. The predicted molar refractivity (Wildman–Crippen MR) is 97.9 cm³/mol. The molecule has 2 N–H and O–H groups in total. The summed E-state index contributed by atoms with van der Waals surface area (Å²) < 4.78 is 5.85. The van der Waals surface area contributed by atoms with Crippen molar-refractivity contribution in [3.05, 3.63) is 29.3 Å². The Morgan fingerprint density at radius 1 is 1.14 bits per heavy atom. The van der Waals surface area contributed by atoms with Gasteiger partial charge in [0.25, 0.3) is 11.8 Å². The SMILES string of the molecule is CN1CCNCC1COc1ccc2c(c1)C(=O)N(C1CCC(=O)NC1=O)C2=O. The van der Waals surface area contributed by atoms with Gasteiger partial charge in [-0.3, -0.25) is 34.3 Å². The maximum absolute atomic E-state index is 12.8. The third-order valence-corrected chi connectivity index (χ3v) is 5.50. The smallest absolute Gasteiger partial charge is 0.262 e. The van der Waals surface area contributed by atoms with Gasteiger partial charge in [-0.2, -0.15) is 0 Å². The minimum Gasteiger partial charge on any atom is -0.492 e. The number of rotatable bonds is 4. The van der Waals surface area contributed by atoms with Crippen molar-refractivity contribution in [1.82, 2.24) is 20.4 Å². The highest BCUT2D eigenvalue weighted by Gasteiger charge is 2.44. The number of likely N-dealkylation sites (N-methyl/N-ethyl adjacent to an activating group) is 1. The lowest BCUT2D eigenvalue weighted by atomic mass is 10.0. The first kappa shape index (κ1) is 18.6. The second-order valence-corrected chi connectivity index (χ2v) is 7.30. The normalized spacial score (nSPS) is 25.7. The Balaban J connectivity index is 1.49. The van der Waals surface area contributed by atoms with Crippen LogP contribution in [0, 0.1) is 0 Å². The maximum Gasteiger partial charge on any atom is 0.262 e. The van der Waals surface area contributed by atoms with E-state index in [2.05, 4.69) is 15.5 Å². The number of nitrogens with one attached hydrogen (secondary N) is 2. The Morgan fingerprint density at radius 3 is 2.68 bits per heavy atom. The van der Waals surface area contributed by atoms with Gasteiger partial charge >= 0.3 is 0 Å². The highest BCUT2D eigenvalue weighted by atomic mass is 16.5. The van der Waals surface area contributed by atoms with E-state index < -0.39 is 29.7 Å². The van der Waals surface area contributed by atoms with Gasteiger partial charge in [0.15, 0.2) is 0 Å². The lowest BCUT2D eigenvalue weighted by molar-refractivity contribution is -0.136. The average Bonchev–Trinajstić information content (AvgIpc) is 2.92. The van der Waals surface area contributed by atoms with Crippen LogP contribution in [0.2, 0.25) is 0 Å². The van der Waals surface area contributed by atoms with E-state index in [1.54, 1.807) is 18.2 Å². The highest BCUT2D eigenvalue weighted by Crippen LogP contribution is 2.30. The van der Waals surface area contributed by atoms with Gasteiger partial charge in [0, 0.05) is 26.1 Å². The molecule has 0 spiro atoms. The number of hydrogen-bond acceptors (Lipinski definition) is 7. The fourth-order valence-electron chi connectivity index (χ4n) is 3.78. The quantitative estimate of drug-likeness (QED) is 0.664. The molecule has 0 aliphatic carbocycles. The van der Waals surface area contributed by atoms with Gasteiger partial charge in [-0.05, 0) is 31.7 Å². The first-order valence-corrected chi connectivity index (χ1v) is 9.35. The van der Waals surface area contributed by atoms with Gasteiger partial charge in [0.2, 0.25) is 11.8 Å². The van der Waals surface area contributed by atoms with Crippen molar-refractivity contribution in [2.75, 3.05) is 33.3 Å². The zero-order valence-electron chi connectivity index (χ0n) is 15.6. The van der Waals surface area contributed by atoms with Crippen molar-refractivity contribution >= 4 is 23.6 Å². The van der Waals surface area contributed by atoms with Gasteiger partial charge in [-0.25, -0.2) is 0 Å². The van der Waals surface area contributed by atoms with E-state index in [1.165, 1.54) is 0 Å². The molecule has 0 radical (unpaired) electrons. The standard InChI is InChI=1S/C19H22N4O5/c1-22-7-6-20-9-11(22)10-28-12-2-3-13-14(8-12)19(27)23(18(13)26)15-4-5-16(24)21-17(15)25/h2-3,8,11,15,20H,4-7,9-10H2,1H3,(H,21,24,25). The molecule has 9 heteroatoms. The van der Waals surface area contributed by atoms with Crippen LogP contribution in [0.25, 0.3) is 0 Å². The van der Waals surface area contributed by atoms with Crippen molar-refractivity contribution < 1.29 is 23.9 Å². The van der Waals surface area contributed by atoms with Crippen LogP contribution < -0.4 is 15.4 Å². The van der Waals surface area contributed by atoms with Gasteiger partial charge in [-0.1, -0.05) is 0 Å². The van der Waals surface area contributed by atoms with Gasteiger partial charge in [-0.15, -0.1) is 0 Å².